The molecule has 9 nitrogen and oxygen atoms in total. The summed E-state index contributed by atoms with van der Waals surface area (Å²) in [6, 6.07) is 13.4. The van der Waals surface area contributed by atoms with E-state index in [1.807, 2.05) is 0 Å². The van der Waals surface area contributed by atoms with Crippen LogP contribution in [-0.2, 0) is 16.1 Å². The quantitative estimate of drug-likeness (QED) is 0.430. The highest BCUT2D eigenvalue weighted by atomic mass is 16.5. The predicted octanol–water partition coefficient (Wildman–Crippen LogP) is 3.48. The lowest BCUT2D eigenvalue weighted by molar-refractivity contribution is -0.132. The molecule has 0 fully saturated rings. The Hall–Kier alpha value is -4.53. The lowest BCUT2D eigenvalue weighted by atomic mass is 10.1. The van der Waals surface area contributed by atoms with Crippen LogP contribution in [0, 0.1) is 0 Å². The van der Waals surface area contributed by atoms with E-state index in [2.05, 4.69) is 4.98 Å². The number of carbonyl (C=O) groups is 4. The minimum absolute atomic E-state index is 0.0484. The molecule has 0 aliphatic heterocycles. The van der Waals surface area contributed by atoms with Crippen LogP contribution in [0.15, 0.2) is 67.0 Å². The molecule has 0 bridgehead atoms. The minimum Gasteiger partial charge on any atom is -0.478 e. The van der Waals surface area contributed by atoms with Gasteiger partial charge in [0.05, 0.1) is 17.7 Å². The van der Waals surface area contributed by atoms with Gasteiger partial charge in [0.25, 0.3) is 5.91 Å². The first kappa shape index (κ1) is 23.1. The highest BCUT2D eigenvalue weighted by molar-refractivity contribution is 6.08. The van der Waals surface area contributed by atoms with Crippen LogP contribution in [0.1, 0.15) is 40.1 Å². The Kier molecular flexibility index (Phi) is 7.14. The molecule has 0 aliphatic rings. The van der Waals surface area contributed by atoms with Gasteiger partial charge in [-0.05, 0) is 48.0 Å². The summed E-state index contributed by atoms with van der Waals surface area (Å²) in [4.78, 5) is 53.2. The summed E-state index contributed by atoms with van der Waals surface area (Å²) in [5.74, 6) is -2.81. The molecule has 33 heavy (non-hydrogen) atoms. The Morgan fingerprint density at radius 3 is 2.21 bits per heavy atom. The van der Waals surface area contributed by atoms with E-state index in [1.165, 1.54) is 61.2 Å². The van der Waals surface area contributed by atoms with Gasteiger partial charge in [-0.3, -0.25) is 19.4 Å². The van der Waals surface area contributed by atoms with Gasteiger partial charge in [-0.2, -0.15) is 0 Å². The number of aromatic nitrogens is 1. The number of hydrogen-bond donors (Lipinski definition) is 1. The number of anilines is 1. The first-order valence-corrected chi connectivity index (χ1v) is 9.79. The first-order chi connectivity index (χ1) is 15.7. The molecule has 0 atom stereocenters. The Labute approximate surface area is 189 Å². The second kappa shape index (κ2) is 10.2. The van der Waals surface area contributed by atoms with Gasteiger partial charge in [-0.1, -0.05) is 6.07 Å². The van der Waals surface area contributed by atoms with Crippen LogP contribution < -0.4 is 14.4 Å². The van der Waals surface area contributed by atoms with Crippen LogP contribution in [-0.4, -0.2) is 33.9 Å². The standard InChI is InChI=1S/C24H20N2O7/c1-15(27)32-20-9-10-21(22(12-20)33-16(2)28)23(29)26(14-17-4-3-11-25-13-17)19-7-5-18(6-8-19)24(30)31/h3-13H,14H2,1-2H3,(H,30,31). The topological polar surface area (TPSA) is 123 Å². The van der Waals surface area contributed by atoms with Crippen molar-refractivity contribution in [3.05, 3.63) is 83.7 Å². The van der Waals surface area contributed by atoms with E-state index in [9.17, 15) is 24.3 Å². The summed E-state index contributed by atoms with van der Waals surface area (Å²) >= 11 is 0. The van der Waals surface area contributed by atoms with Gasteiger partial charge in [0.15, 0.2) is 0 Å². The highest BCUT2D eigenvalue weighted by Crippen LogP contribution is 2.29. The van der Waals surface area contributed by atoms with E-state index in [-0.39, 0.29) is 29.2 Å². The maximum atomic E-state index is 13.6. The van der Waals surface area contributed by atoms with Crippen LogP contribution in [0.5, 0.6) is 11.5 Å². The lowest BCUT2D eigenvalue weighted by Crippen LogP contribution is -2.31. The van der Waals surface area contributed by atoms with Crippen molar-refractivity contribution < 1.29 is 33.8 Å². The van der Waals surface area contributed by atoms with Gasteiger partial charge < -0.3 is 19.5 Å². The summed E-state index contributed by atoms with van der Waals surface area (Å²) < 4.78 is 10.2. The number of pyridine rings is 1. The zero-order valence-corrected chi connectivity index (χ0v) is 17.8. The number of amides is 1. The van der Waals surface area contributed by atoms with Crippen molar-refractivity contribution in [2.24, 2.45) is 0 Å². The number of rotatable bonds is 7. The number of aromatic carboxylic acids is 1. The van der Waals surface area contributed by atoms with Crippen LogP contribution in [0.3, 0.4) is 0 Å². The molecule has 168 valence electrons. The third kappa shape index (κ3) is 6.01. The maximum Gasteiger partial charge on any atom is 0.335 e. The summed E-state index contributed by atoms with van der Waals surface area (Å²) in [6.45, 7) is 2.52. The molecule has 3 rings (SSSR count). The fraction of sp³-hybridized carbons (Fsp3) is 0.125. The van der Waals surface area contributed by atoms with Gasteiger partial charge in [-0.25, -0.2) is 4.79 Å². The molecule has 3 aromatic rings. The fourth-order valence-electron chi connectivity index (χ4n) is 3.03. The van der Waals surface area contributed by atoms with Gasteiger partial charge in [0.1, 0.15) is 11.5 Å². The fourth-order valence-corrected chi connectivity index (χ4v) is 3.03. The number of hydrogen-bond acceptors (Lipinski definition) is 7. The van der Waals surface area contributed by atoms with E-state index in [0.29, 0.717) is 5.69 Å². The average molecular weight is 448 g/mol. The maximum absolute atomic E-state index is 13.6. The summed E-state index contributed by atoms with van der Waals surface area (Å²) in [7, 11) is 0. The third-order valence-electron chi connectivity index (χ3n) is 4.43. The number of carboxylic acid groups (broad SMARTS) is 1. The highest BCUT2D eigenvalue weighted by Gasteiger charge is 2.24. The van der Waals surface area contributed by atoms with Crippen molar-refractivity contribution in [3.8, 4) is 11.5 Å². The van der Waals surface area contributed by atoms with Gasteiger partial charge in [0, 0.05) is 38.0 Å². The van der Waals surface area contributed by atoms with E-state index >= 15 is 0 Å². The van der Waals surface area contributed by atoms with Crippen molar-refractivity contribution in [3.63, 3.8) is 0 Å². The van der Waals surface area contributed by atoms with Gasteiger partial charge in [-0.15, -0.1) is 0 Å². The number of esters is 2. The second-order valence-electron chi connectivity index (χ2n) is 6.95. The second-order valence-corrected chi connectivity index (χ2v) is 6.95. The molecule has 1 N–H and O–H groups in total. The Balaban J connectivity index is 2.05. The van der Waals surface area contributed by atoms with Crippen LogP contribution >= 0.6 is 0 Å². The van der Waals surface area contributed by atoms with Crippen molar-refractivity contribution >= 4 is 29.5 Å². The Morgan fingerprint density at radius 2 is 1.64 bits per heavy atom. The minimum atomic E-state index is -1.09. The average Bonchev–Trinajstić information content (AvgIpc) is 2.77. The summed E-state index contributed by atoms with van der Waals surface area (Å²) in [6.07, 6.45) is 3.20. The monoisotopic (exact) mass is 448 g/mol. The number of carboxylic acids is 1. The zero-order valence-electron chi connectivity index (χ0n) is 17.8. The van der Waals surface area contributed by atoms with Crippen molar-refractivity contribution in [2.45, 2.75) is 20.4 Å². The smallest absolute Gasteiger partial charge is 0.335 e. The van der Waals surface area contributed by atoms with Gasteiger partial charge >= 0.3 is 17.9 Å². The largest absolute Gasteiger partial charge is 0.478 e. The van der Waals surface area contributed by atoms with E-state index in [0.717, 1.165) is 5.56 Å². The summed E-state index contributed by atoms with van der Waals surface area (Å²) in [5, 5.41) is 9.17. The third-order valence-corrected chi connectivity index (χ3v) is 4.43. The molecule has 0 unspecified atom stereocenters. The molecule has 1 heterocycles. The molecule has 1 aromatic heterocycles. The van der Waals surface area contributed by atoms with E-state index in [1.54, 1.807) is 24.5 Å². The van der Waals surface area contributed by atoms with Gasteiger partial charge in [0.2, 0.25) is 0 Å². The molecular weight excluding hydrogens is 428 g/mol. The molecule has 0 aliphatic carbocycles. The molecule has 1 amide bonds. The molecule has 9 heteroatoms. The molecular formula is C24H20N2O7. The van der Waals surface area contributed by atoms with E-state index in [4.69, 9.17) is 9.47 Å². The normalized spacial score (nSPS) is 10.2. The number of nitrogens with zero attached hydrogens (tertiary/aromatic N) is 2. The predicted molar refractivity (Wildman–Crippen MR) is 117 cm³/mol. The zero-order chi connectivity index (χ0) is 24.0. The SMILES string of the molecule is CC(=O)Oc1ccc(C(=O)N(Cc2cccnc2)c2ccc(C(=O)O)cc2)c(OC(C)=O)c1. The van der Waals surface area contributed by atoms with Crippen molar-refractivity contribution in [1.29, 1.82) is 0 Å². The van der Waals surface area contributed by atoms with Crippen LogP contribution in [0.4, 0.5) is 5.69 Å². The number of benzene rings is 2. The molecule has 0 saturated heterocycles. The van der Waals surface area contributed by atoms with Crippen molar-refractivity contribution in [2.75, 3.05) is 4.90 Å². The lowest BCUT2D eigenvalue weighted by Gasteiger charge is -2.24. The Bertz CT molecular complexity index is 1190. The molecule has 0 radical (unpaired) electrons. The molecule has 0 spiro atoms. The number of carbonyl (C=O) groups excluding carboxylic acids is 3. The number of ether oxygens (including phenoxy) is 2. The van der Waals surface area contributed by atoms with Crippen LogP contribution in [0.25, 0.3) is 0 Å². The Morgan fingerprint density at radius 1 is 0.939 bits per heavy atom. The van der Waals surface area contributed by atoms with Crippen molar-refractivity contribution in [1.82, 2.24) is 4.98 Å². The molecule has 2 aromatic carbocycles. The van der Waals surface area contributed by atoms with E-state index < -0.39 is 23.8 Å². The summed E-state index contributed by atoms with van der Waals surface area (Å²) in [5.41, 5.74) is 1.26. The first-order valence-electron chi connectivity index (χ1n) is 9.79. The van der Waals surface area contributed by atoms with Crippen LogP contribution in [0.2, 0.25) is 0 Å². The molecule has 0 saturated carbocycles.